The largest absolute Gasteiger partial charge is 0.496 e. The van der Waals surface area contributed by atoms with Gasteiger partial charge in [-0.25, -0.2) is 0 Å². The number of carbonyl (C=O) groups excluding carboxylic acids is 1. The fourth-order valence-corrected chi connectivity index (χ4v) is 2.79. The van der Waals surface area contributed by atoms with Crippen LogP contribution in [0.3, 0.4) is 0 Å². The molecule has 1 saturated carbocycles. The predicted molar refractivity (Wildman–Crippen MR) is 83.8 cm³/mol. The zero-order valence-corrected chi connectivity index (χ0v) is 13.2. The molecule has 1 aromatic heterocycles. The van der Waals surface area contributed by atoms with Gasteiger partial charge in [-0.2, -0.15) is 5.10 Å². The Morgan fingerprint density at radius 3 is 2.77 bits per heavy atom. The van der Waals surface area contributed by atoms with Crippen LogP contribution in [0, 0.1) is 13.8 Å². The zero-order chi connectivity index (χ0) is 15.7. The molecule has 0 saturated heterocycles. The van der Waals surface area contributed by atoms with Gasteiger partial charge >= 0.3 is 0 Å². The number of rotatable bonds is 5. The number of nitrogens with one attached hydrogen (secondary N) is 2. The molecule has 2 aromatic rings. The maximum Gasteiger partial charge on any atom is 0.230 e. The number of amides is 1. The van der Waals surface area contributed by atoms with Gasteiger partial charge in [-0.05, 0) is 43.9 Å². The zero-order valence-electron chi connectivity index (χ0n) is 13.2. The third kappa shape index (κ3) is 2.47. The van der Waals surface area contributed by atoms with Gasteiger partial charge in [0.25, 0.3) is 0 Å². The Hall–Kier alpha value is -2.30. The lowest BCUT2D eigenvalue weighted by Crippen LogP contribution is -2.34. The van der Waals surface area contributed by atoms with E-state index >= 15 is 0 Å². The second kappa shape index (κ2) is 5.48. The summed E-state index contributed by atoms with van der Waals surface area (Å²) in [5.41, 5.74) is 3.74. The number of H-pyrrole nitrogens is 1. The first-order chi connectivity index (χ1) is 10.6. The van der Waals surface area contributed by atoms with E-state index in [1.165, 1.54) is 0 Å². The van der Waals surface area contributed by atoms with E-state index in [2.05, 4.69) is 15.5 Å². The number of nitrogens with zero attached hydrogens (tertiary/aromatic N) is 1. The van der Waals surface area contributed by atoms with Crippen molar-refractivity contribution in [3.05, 3.63) is 46.8 Å². The van der Waals surface area contributed by atoms with Crippen LogP contribution in [0.2, 0.25) is 0 Å². The first-order valence-corrected chi connectivity index (χ1v) is 7.49. The highest BCUT2D eigenvalue weighted by Crippen LogP contribution is 2.49. The molecule has 5 heteroatoms. The van der Waals surface area contributed by atoms with Crippen molar-refractivity contribution in [1.82, 2.24) is 15.5 Å². The van der Waals surface area contributed by atoms with E-state index in [0.29, 0.717) is 6.54 Å². The van der Waals surface area contributed by atoms with Crippen LogP contribution in [0.15, 0.2) is 24.4 Å². The summed E-state index contributed by atoms with van der Waals surface area (Å²) in [5.74, 6) is 0.918. The highest BCUT2D eigenvalue weighted by Gasteiger charge is 2.51. The quantitative estimate of drug-likeness (QED) is 0.891. The van der Waals surface area contributed by atoms with Gasteiger partial charge in [0.2, 0.25) is 5.91 Å². The van der Waals surface area contributed by atoms with Crippen molar-refractivity contribution in [3.8, 4) is 5.75 Å². The van der Waals surface area contributed by atoms with Crippen LogP contribution in [0.1, 0.15) is 35.2 Å². The molecule has 2 N–H and O–H groups in total. The maximum absolute atomic E-state index is 12.6. The summed E-state index contributed by atoms with van der Waals surface area (Å²) in [7, 11) is 1.66. The molecule has 1 aliphatic carbocycles. The second-order valence-corrected chi connectivity index (χ2v) is 5.97. The van der Waals surface area contributed by atoms with Crippen LogP contribution in [0.4, 0.5) is 0 Å². The van der Waals surface area contributed by atoms with Crippen LogP contribution in [0.5, 0.6) is 5.75 Å². The van der Waals surface area contributed by atoms with Gasteiger partial charge in [-0.15, -0.1) is 0 Å². The lowest BCUT2D eigenvalue weighted by Gasteiger charge is -2.17. The van der Waals surface area contributed by atoms with E-state index in [4.69, 9.17) is 4.74 Å². The van der Waals surface area contributed by atoms with E-state index in [0.717, 1.165) is 41.0 Å². The first kappa shape index (κ1) is 14.6. The van der Waals surface area contributed by atoms with Crippen molar-refractivity contribution < 1.29 is 9.53 Å². The van der Waals surface area contributed by atoms with Crippen LogP contribution >= 0.6 is 0 Å². The number of hydrogen-bond acceptors (Lipinski definition) is 3. The Balaban J connectivity index is 1.75. The van der Waals surface area contributed by atoms with Crippen molar-refractivity contribution in [2.24, 2.45) is 0 Å². The van der Waals surface area contributed by atoms with Gasteiger partial charge in [-0.3, -0.25) is 9.89 Å². The number of ether oxygens (including phenoxy) is 1. The summed E-state index contributed by atoms with van der Waals surface area (Å²) >= 11 is 0. The number of aromatic amines is 1. The molecule has 1 fully saturated rings. The maximum atomic E-state index is 12.6. The van der Waals surface area contributed by atoms with Crippen molar-refractivity contribution in [2.45, 2.75) is 38.6 Å². The third-order valence-electron chi connectivity index (χ3n) is 4.52. The minimum absolute atomic E-state index is 0.0824. The van der Waals surface area contributed by atoms with Crippen LogP contribution < -0.4 is 10.1 Å². The molecule has 3 rings (SSSR count). The van der Waals surface area contributed by atoms with Crippen molar-refractivity contribution in [2.75, 3.05) is 7.11 Å². The Morgan fingerprint density at radius 2 is 2.18 bits per heavy atom. The smallest absolute Gasteiger partial charge is 0.230 e. The van der Waals surface area contributed by atoms with E-state index in [1.807, 2.05) is 32.0 Å². The van der Waals surface area contributed by atoms with Crippen LogP contribution in [0.25, 0.3) is 0 Å². The monoisotopic (exact) mass is 299 g/mol. The van der Waals surface area contributed by atoms with E-state index in [-0.39, 0.29) is 5.91 Å². The topological polar surface area (TPSA) is 67.0 Å². The number of aryl methyl sites for hydroxylation is 2. The molecule has 0 unspecified atom stereocenters. The number of aromatic nitrogens is 2. The molecular weight excluding hydrogens is 278 g/mol. The molecular formula is C17H21N3O2. The Bertz CT molecular complexity index is 702. The fraction of sp³-hybridized carbons (Fsp3) is 0.412. The Kier molecular flexibility index (Phi) is 3.64. The van der Waals surface area contributed by atoms with Gasteiger partial charge in [0, 0.05) is 17.8 Å². The molecule has 1 amide bonds. The molecule has 0 radical (unpaired) electrons. The molecule has 1 aromatic carbocycles. The lowest BCUT2D eigenvalue weighted by atomic mass is 9.93. The SMILES string of the molecule is COc1cc(C2(C(=O)NCc3cn[nH]c3C)CC2)ccc1C. The molecule has 0 aliphatic heterocycles. The number of hydrogen-bond donors (Lipinski definition) is 2. The normalized spacial score (nSPS) is 15.4. The van der Waals surface area contributed by atoms with E-state index < -0.39 is 5.41 Å². The van der Waals surface area contributed by atoms with Gasteiger partial charge in [-0.1, -0.05) is 12.1 Å². The molecule has 22 heavy (non-hydrogen) atoms. The molecule has 5 nitrogen and oxygen atoms in total. The summed E-state index contributed by atoms with van der Waals surface area (Å²) in [5, 5.41) is 9.90. The summed E-state index contributed by atoms with van der Waals surface area (Å²) in [6.45, 7) is 4.46. The van der Waals surface area contributed by atoms with Gasteiger partial charge < -0.3 is 10.1 Å². The summed E-state index contributed by atoms with van der Waals surface area (Å²) in [4.78, 5) is 12.6. The number of benzene rings is 1. The van der Waals surface area contributed by atoms with Crippen molar-refractivity contribution in [3.63, 3.8) is 0 Å². The molecule has 116 valence electrons. The first-order valence-electron chi connectivity index (χ1n) is 7.49. The van der Waals surface area contributed by atoms with Gasteiger partial charge in [0.15, 0.2) is 0 Å². The van der Waals surface area contributed by atoms with Gasteiger partial charge in [0.05, 0.1) is 18.7 Å². The van der Waals surface area contributed by atoms with E-state index in [1.54, 1.807) is 13.3 Å². The van der Waals surface area contributed by atoms with Crippen LogP contribution in [-0.2, 0) is 16.8 Å². The lowest BCUT2D eigenvalue weighted by molar-refractivity contribution is -0.123. The molecule has 1 aliphatic rings. The van der Waals surface area contributed by atoms with E-state index in [9.17, 15) is 4.79 Å². The molecule has 0 bridgehead atoms. The average molecular weight is 299 g/mol. The number of methoxy groups -OCH3 is 1. The van der Waals surface area contributed by atoms with Crippen molar-refractivity contribution in [1.29, 1.82) is 0 Å². The fourth-order valence-electron chi connectivity index (χ4n) is 2.79. The summed E-state index contributed by atoms with van der Waals surface area (Å²) in [6, 6.07) is 6.04. The minimum Gasteiger partial charge on any atom is -0.496 e. The molecule has 0 spiro atoms. The predicted octanol–water partition coefficient (Wildman–Crippen LogP) is 2.38. The average Bonchev–Trinajstić information content (AvgIpc) is 3.23. The Labute approximate surface area is 130 Å². The van der Waals surface area contributed by atoms with Crippen LogP contribution in [-0.4, -0.2) is 23.2 Å². The van der Waals surface area contributed by atoms with Crippen molar-refractivity contribution >= 4 is 5.91 Å². The number of carbonyl (C=O) groups is 1. The second-order valence-electron chi connectivity index (χ2n) is 5.97. The molecule has 0 atom stereocenters. The molecule has 1 heterocycles. The Morgan fingerprint density at radius 1 is 1.41 bits per heavy atom. The third-order valence-corrected chi connectivity index (χ3v) is 4.52. The standard InChI is InChI=1S/C17H21N3O2/c1-11-4-5-14(8-15(11)22-3)17(6-7-17)16(21)18-9-13-10-19-20-12(13)2/h4-5,8,10H,6-7,9H2,1-3H3,(H,18,21)(H,19,20). The van der Waals surface area contributed by atoms with Gasteiger partial charge in [0.1, 0.15) is 5.75 Å². The highest BCUT2D eigenvalue weighted by molar-refractivity contribution is 5.91. The summed E-state index contributed by atoms with van der Waals surface area (Å²) in [6.07, 6.45) is 3.52. The highest BCUT2D eigenvalue weighted by atomic mass is 16.5. The summed E-state index contributed by atoms with van der Waals surface area (Å²) < 4.78 is 5.38. The minimum atomic E-state index is -0.390.